The molecule has 0 aliphatic heterocycles. The predicted molar refractivity (Wildman–Crippen MR) is 55.0 cm³/mol. The van der Waals surface area contributed by atoms with Crippen LogP contribution in [0.3, 0.4) is 0 Å². The van der Waals surface area contributed by atoms with Crippen molar-refractivity contribution in [1.82, 2.24) is 10.6 Å². The molecule has 1 unspecified atom stereocenters. The molecule has 2 amide bonds. The second-order valence-electron chi connectivity index (χ2n) is 3.47. The molecule has 0 aromatic rings. The molecule has 0 aromatic carbocycles. The summed E-state index contributed by atoms with van der Waals surface area (Å²) in [6, 6.07) is -0.668. The van der Waals surface area contributed by atoms with Gasteiger partial charge in [-0.1, -0.05) is 0 Å². The van der Waals surface area contributed by atoms with Gasteiger partial charge < -0.3 is 16.4 Å². The fourth-order valence-corrected chi connectivity index (χ4v) is 1.11. The number of likely N-dealkylation sites (N-methyl/N-ethyl adjacent to an activating group) is 1. The van der Waals surface area contributed by atoms with E-state index >= 15 is 0 Å². The van der Waals surface area contributed by atoms with Crippen LogP contribution in [0.4, 0.5) is 13.2 Å². The number of unbranched alkanes of at least 4 members (excludes halogenated alkanes) is 1. The van der Waals surface area contributed by atoms with Crippen molar-refractivity contribution in [3.05, 3.63) is 0 Å². The second-order valence-corrected chi connectivity index (χ2v) is 3.47. The summed E-state index contributed by atoms with van der Waals surface area (Å²) in [4.78, 5) is 21.4. The van der Waals surface area contributed by atoms with Crippen molar-refractivity contribution in [1.29, 1.82) is 0 Å². The van der Waals surface area contributed by atoms with Crippen molar-refractivity contribution in [2.45, 2.75) is 31.5 Å². The zero-order chi connectivity index (χ0) is 13.5. The molecule has 0 heterocycles. The maximum atomic E-state index is 11.8. The highest BCUT2D eigenvalue weighted by atomic mass is 19.4. The average Bonchev–Trinajstić information content (AvgIpc) is 2.25. The first-order valence-corrected chi connectivity index (χ1v) is 5.11. The Morgan fingerprint density at radius 2 is 1.88 bits per heavy atom. The Hall–Kier alpha value is -1.31. The monoisotopic (exact) mass is 255 g/mol. The largest absolute Gasteiger partial charge is 0.471 e. The fraction of sp³-hybridized carbons (Fsp3) is 0.778. The van der Waals surface area contributed by atoms with Crippen LogP contribution in [-0.4, -0.2) is 37.6 Å². The SMILES string of the molecule is CNC(=O)C(N)CCCCNC(=O)C(F)(F)F. The smallest absolute Gasteiger partial charge is 0.358 e. The zero-order valence-electron chi connectivity index (χ0n) is 9.43. The molecule has 0 aliphatic rings. The van der Waals surface area contributed by atoms with Crippen LogP contribution in [0, 0.1) is 0 Å². The van der Waals surface area contributed by atoms with Gasteiger partial charge in [0.25, 0.3) is 0 Å². The molecule has 0 rings (SSSR count). The molecule has 5 nitrogen and oxygen atoms in total. The highest BCUT2D eigenvalue weighted by Crippen LogP contribution is 2.13. The molecule has 0 aliphatic carbocycles. The number of nitrogens with one attached hydrogen (secondary N) is 2. The predicted octanol–water partition coefficient (Wildman–Crippen LogP) is -0.0915. The molecule has 1 atom stereocenters. The Bertz CT molecular complexity index is 269. The molecule has 17 heavy (non-hydrogen) atoms. The van der Waals surface area contributed by atoms with Crippen LogP contribution in [-0.2, 0) is 9.59 Å². The first kappa shape index (κ1) is 15.7. The molecule has 0 aromatic heterocycles. The van der Waals surface area contributed by atoms with Gasteiger partial charge in [0.05, 0.1) is 6.04 Å². The Morgan fingerprint density at radius 1 is 1.29 bits per heavy atom. The highest BCUT2D eigenvalue weighted by molar-refractivity contribution is 5.81. The summed E-state index contributed by atoms with van der Waals surface area (Å²) in [7, 11) is 1.45. The summed E-state index contributed by atoms with van der Waals surface area (Å²) in [5.74, 6) is -2.27. The lowest BCUT2D eigenvalue weighted by Gasteiger charge is -2.10. The van der Waals surface area contributed by atoms with Gasteiger partial charge in [-0.05, 0) is 19.3 Å². The maximum Gasteiger partial charge on any atom is 0.471 e. The topological polar surface area (TPSA) is 84.2 Å². The summed E-state index contributed by atoms with van der Waals surface area (Å²) < 4.78 is 35.3. The van der Waals surface area contributed by atoms with Crippen LogP contribution in [0.15, 0.2) is 0 Å². The number of carbonyl (C=O) groups excluding carboxylic acids is 2. The molecule has 0 bridgehead atoms. The van der Waals surface area contributed by atoms with Crippen LogP contribution >= 0.6 is 0 Å². The quantitative estimate of drug-likeness (QED) is 0.580. The van der Waals surface area contributed by atoms with Gasteiger partial charge in [0, 0.05) is 13.6 Å². The van der Waals surface area contributed by atoms with Gasteiger partial charge in [0.2, 0.25) is 5.91 Å². The molecule has 8 heteroatoms. The van der Waals surface area contributed by atoms with E-state index in [1.807, 2.05) is 0 Å². The lowest BCUT2D eigenvalue weighted by atomic mass is 10.1. The average molecular weight is 255 g/mol. The normalized spacial score (nSPS) is 13.0. The number of rotatable bonds is 6. The first-order valence-electron chi connectivity index (χ1n) is 5.11. The number of alkyl halides is 3. The Morgan fingerprint density at radius 3 is 2.35 bits per heavy atom. The van der Waals surface area contributed by atoms with E-state index in [1.165, 1.54) is 7.05 Å². The molecule has 0 fully saturated rings. The summed E-state index contributed by atoms with van der Waals surface area (Å²) in [5, 5.41) is 4.10. The van der Waals surface area contributed by atoms with E-state index in [1.54, 1.807) is 5.32 Å². The van der Waals surface area contributed by atoms with Gasteiger partial charge in [-0.2, -0.15) is 13.2 Å². The van der Waals surface area contributed by atoms with E-state index in [0.29, 0.717) is 19.3 Å². The number of nitrogens with two attached hydrogens (primary N) is 1. The van der Waals surface area contributed by atoms with Crippen LogP contribution < -0.4 is 16.4 Å². The fourth-order valence-electron chi connectivity index (χ4n) is 1.11. The number of hydrogen-bond donors (Lipinski definition) is 3. The summed E-state index contributed by atoms with van der Waals surface area (Å²) in [5.41, 5.74) is 5.46. The maximum absolute atomic E-state index is 11.8. The Labute approximate surface area is 96.9 Å². The number of hydrogen-bond acceptors (Lipinski definition) is 3. The van der Waals surface area contributed by atoms with Crippen molar-refractivity contribution in [3.8, 4) is 0 Å². The Balaban J connectivity index is 3.60. The minimum atomic E-state index is -4.85. The first-order chi connectivity index (χ1) is 7.79. The standard InChI is InChI=1S/C9H16F3N3O2/c1-14-7(16)6(13)4-2-3-5-15-8(17)9(10,11)12/h6H,2-5,13H2,1H3,(H,14,16)(H,15,17). The molecule has 0 saturated carbocycles. The highest BCUT2D eigenvalue weighted by Gasteiger charge is 2.38. The van der Waals surface area contributed by atoms with E-state index in [-0.39, 0.29) is 12.5 Å². The third-order valence-corrected chi connectivity index (χ3v) is 2.07. The van der Waals surface area contributed by atoms with Crippen molar-refractivity contribution in [2.75, 3.05) is 13.6 Å². The van der Waals surface area contributed by atoms with Crippen LogP contribution in [0.25, 0.3) is 0 Å². The van der Waals surface area contributed by atoms with Crippen molar-refractivity contribution in [2.24, 2.45) is 5.73 Å². The molecule has 0 radical (unpaired) electrons. The molecule has 0 saturated heterocycles. The summed E-state index contributed by atoms with van der Waals surface area (Å²) in [6.45, 7) is -0.0845. The van der Waals surface area contributed by atoms with Crippen LogP contribution in [0.1, 0.15) is 19.3 Å². The number of carbonyl (C=O) groups is 2. The third-order valence-electron chi connectivity index (χ3n) is 2.07. The van der Waals surface area contributed by atoms with E-state index < -0.39 is 18.1 Å². The van der Waals surface area contributed by atoms with Crippen LogP contribution in [0.5, 0.6) is 0 Å². The number of amides is 2. The van der Waals surface area contributed by atoms with Crippen molar-refractivity contribution < 1.29 is 22.8 Å². The molecule has 0 spiro atoms. The lowest BCUT2D eigenvalue weighted by molar-refractivity contribution is -0.173. The van der Waals surface area contributed by atoms with Gasteiger partial charge in [-0.25, -0.2) is 0 Å². The summed E-state index contributed by atoms with van der Waals surface area (Å²) in [6.07, 6.45) is -3.68. The molecular formula is C9H16F3N3O2. The van der Waals surface area contributed by atoms with E-state index in [9.17, 15) is 22.8 Å². The van der Waals surface area contributed by atoms with Crippen LogP contribution in [0.2, 0.25) is 0 Å². The molecule has 4 N–H and O–H groups in total. The number of halogens is 3. The van der Waals surface area contributed by atoms with E-state index in [2.05, 4.69) is 5.32 Å². The molecular weight excluding hydrogens is 239 g/mol. The zero-order valence-corrected chi connectivity index (χ0v) is 9.43. The van der Waals surface area contributed by atoms with E-state index in [4.69, 9.17) is 5.73 Å². The lowest BCUT2D eigenvalue weighted by Crippen LogP contribution is -2.39. The van der Waals surface area contributed by atoms with Gasteiger partial charge in [-0.3, -0.25) is 9.59 Å². The van der Waals surface area contributed by atoms with Gasteiger partial charge in [-0.15, -0.1) is 0 Å². The van der Waals surface area contributed by atoms with E-state index in [0.717, 1.165) is 0 Å². The van der Waals surface area contributed by atoms with Crippen molar-refractivity contribution >= 4 is 11.8 Å². The summed E-state index contributed by atoms with van der Waals surface area (Å²) >= 11 is 0. The van der Waals surface area contributed by atoms with Gasteiger partial charge >= 0.3 is 12.1 Å². The van der Waals surface area contributed by atoms with Crippen molar-refractivity contribution in [3.63, 3.8) is 0 Å². The third kappa shape index (κ3) is 6.77. The van der Waals surface area contributed by atoms with Gasteiger partial charge in [0.15, 0.2) is 0 Å². The second kappa shape index (κ2) is 7.10. The minimum absolute atomic E-state index is 0.0845. The van der Waals surface area contributed by atoms with Gasteiger partial charge in [0.1, 0.15) is 0 Å². The molecule has 100 valence electrons. The minimum Gasteiger partial charge on any atom is -0.358 e. The Kier molecular flexibility index (Phi) is 6.55.